The van der Waals surface area contributed by atoms with Crippen LogP contribution in [0.3, 0.4) is 0 Å². The molecule has 0 saturated heterocycles. The second-order valence-corrected chi connectivity index (χ2v) is 16.4. The van der Waals surface area contributed by atoms with Gasteiger partial charge in [-0.2, -0.15) is 15.0 Å². The zero-order valence-corrected chi connectivity index (χ0v) is 34.8. The van der Waals surface area contributed by atoms with Gasteiger partial charge in [-0.3, -0.25) is 0 Å². The maximum absolute atomic E-state index is 6.00. The van der Waals surface area contributed by atoms with Crippen LogP contribution < -0.4 is 14.6 Å². The molecule has 7 rings (SSSR count). The third-order valence-corrected chi connectivity index (χ3v) is 10.1. The van der Waals surface area contributed by atoms with Gasteiger partial charge in [0.05, 0.1) is 6.54 Å². The molecule has 0 aliphatic heterocycles. The quantitative estimate of drug-likeness (QED) is 0.0693. The van der Waals surface area contributed by atoms with Gasteiger partial charge < -0.3 is 14.5 Å². The van der Waals surface area contributed by atoms with Gasteiger partial charge in [0.2, 0.25) is 6.54 Å². The van der Waals surface area contributed by atoms with Crippen molar-refractivity contribution < 1.29 is 9.53 Å². The second-order valence-electron chi connectivity index (χ2n) is 16.4. The van der Waals surface area contributed by atoms with E-state index in [4.69, 9.17) is 20.0 Å². The Labute approximate surface area is 338 Å². The average Bonchev–Trinajstić information content (AvgIpc) is 3.82. The molecular weight excluding hydrogens is 705 g/mol. The fourth-order valence-corrected chi connectivity index (χ4v) is 7.49. The highest BCUT2D eigenvalue weighted by molar-refractivity contribution is 6.16. The minimum atomic E-state index is 0.380. The standard InChI is InChI=1S/C48H59N8O/c1-8-9-29-57-30-28-55-49-45-43(37-20-24-41(25-21-37)53(31-34(2)3)39-16-12-10-13-17-39)47-48(52-56(51-47)33-36(6)7)44(46(45)50-55)38-22-26-42(27-23-38)54(32-35(4)5)40-18-14-11-15-19-40/h10-27,34-36H,8-9,28-33H2,1-7H3,(H,49,50)/q+1. The number of nitrogens with zero attached hydrogens (tertiary/aromatic N) is 7. The third kappa shape index (κ3) is 9.21. The molecule has 5 aromatic carbocycles. The Balaban J connectivity index is 1.38. The lowest BCUT2D eigenvalue weighted by molar-refractivity contribution is -0.800. The van der Waals surface area contributed by atoms with Crippen molar-refractivity contribution in [1.29, 1.82) is 0 Å². The molecule has 1 N–H and O–H groups in total. The van der Waals surface area contributed by atoms with Crippen LogP contribution in [0, 0.1) is 17.8 Å². The third-order valence-electron chi connectivity index (χ3n) is 10.1. The molecule has 2 aromatic heterocycles. The maximum Gasteiger partial charge on any atom is 0.223 e. The van der Waals surface area contributed by atoms with Crippen LogP contribution in [-0.4, -0.2) is 51.5 Å². The van der Waals surface area contributed by atoms with Gasteiger partial charge in [0.1, 0.15) is 23.2 Å². The molecule has 57 heavy (non-hydrogen) atoms. The summed E-state index contributed by atoms with van der Waals surface area (Å²) < 4.78 is 6.00. The smallest absolute Gasteiger partial charge is 0.223 e. The molecule has 7 aromatic rings. The molecule has 0 unspecified atom stereocenters. The van der Waals surface area contributed by atoms with Gasteiger partial charge in [0.15, 0.2) is 5.52 Å². The zero-order valence-electron chi connectivity index (χ0n) is 34.8. The van der Waals surface area contributed by atoms with E-state index in [0.717, 1.165) is 88.2 Å². The summed E-state index contributed by atoms with van der Waals surface area (Å²) in [4.78, 5) is 8.59. The van der Waals surface area contributed by atoms with E-state index in [-0.39, 0.29) is 0 Å². The lowest BCUT2D eigenvalue weighted by Crippen LogP contribution is -2.40. The summed E-state index contributed by atoms with van der Waals surface area (Å²) in [6.45, 7) is 20.1. The van der Waals surface area contributed by atoms with Crippen LogP contribution in [0.1, 0.15) is 61.3 Å². The summed E-state index contributed by atoms with van der Waals surface area (Å²) in [5.74, 6) is 1.36. The number of aromatic nitrogens is 6. The van der Waals surface area contributed by atoms with E-state index < -0.39 is 0 Å². The first-order valence-electron chi connectivity index (χ1n) is 20.8. The van der Waals surface area contributed by atoms with Gasteiger partial charge in [0, 0.05) is 58.7 Å². The second kappa shape index (κ2) is 18.2. The van der Waals surface area contributed by atoms with E-state index in [1.165, 1.54) is 11.4 Å². The normalized spacial score (nSPS) is 11.8. The number of ether oxygens (including phenoxy) is 1. The number of nitrogens with one attached hydrogen (secondary N) is 1. The molecule has 0 amide bonds. The molecule has 9 nitrogen and oxygen atoms in total. The molecule has 0 saturated carbocycles. The van der Waals surface area contributed by atoms with Crippen molar-refractivity contribution >= 4 is 44.8 Å². The van der Waals surface area contributed by atoms with E-state index in [1.54, 1.807) is 0 Å². The summed E-state index contributed by atoms with van der Waals surface area (Å²) in [6.07, 6.45) is 2.15. The summed E-state index contributed by atoms with van der Waals surface area (Å²) in [7, 11) is 0. The number of anilines is 4. The number of rotatable bonds is 18. The highest BCUT2D eigenvalue weighted by Gasteiger charge is 2.28. The molecule has 0 atom stereocenters. The first-order valence-corrected chi connectivity index (χ1v) is 20.8. The van der Waals surface area contributed by atoms with Crippen molar-refractivity contribution in [2.24, 2.45) is 17.8 Å². The molecule has 0 aliphatic carbocycles. The Morgan fingerprint density at radius 1 is 0.596 bits per heavy atom. The number of fused-ring (bicyclic) bond motifs is 2. The maximum atomic E-state index is 6.00. The fourth-order valence-electron chi connectivity index (χ4n) is 7.49. The monoisotopic (exact) mass is 763 g/mol. The van der Waals surface area contributed by atoms with Crippen LogP contribution in [-0.2, 0) is 17.8 Å². The van der Waals surface area contributed by atoms with Crippen LogP contribution in [0.4, 0.5) is 22.7 Å². The minimum absolute atomic E-state index is 0.380. The number of para-hydroxylation sites is 2. The molecular formula is C48H59N8O+. The predicted molar refractivity (Wildman–Crippen MR) is 235 cm³/mol. The molecule has 296 valence electrons. The van der Waals surface area contributed by atoms with Gasteiger partial charge in [-0.1, -0.05) is 116 Å². The Morgan fingerprint density at radius 2 is 1.09 bits per heavy atom. The van der Waals surface area contributed by atoms with Crippen molar-refractivity contribution in [2.75, 3.05) is 36.1 Å². The molecule has 0 spiro atoms. The first-order chi connectivity index (χ1) is 27.7. The van der Waals surface area contributed by atoms with E-state index in [9.17, 15) is 0 Å². The van der Waals surface area contributed by atoms with Crippen LogP contribution in [0.2, 0.25) is 0 Å². The zero-order chi connectivity index (χ0) is 39.9. The van der Waals surface area contributed by atoms with Crippen molar-refractivity contribution in [3.05, 3.63) is 109 Å². The Morgan fingerprint density at radius 3 is 1.58 bits per heavy atom. The van der Waals surface area contributed by atoms with Crippen molar-refractivity contribution in [2.45, 2.75) is 74.4 Å². The van der Waals surface area contributed by atoms with E-state index in [0.29, 0.717) is 37.5 Å². The van der Waals surface area contributed by atoms with Crippen molar-refractivity contribution in [1.82, 2.24) is 25.2 Å². The first kappa shape index (κ1) is 39.7. The lowest BCUT2D eigenvalue weighted by Gasteiger charge is -2.27. The molecule has 0 fully saturated rings. The lowest BCUT2D eigenvalue weighted by atomic mass is 9.95. The number of aromatic amines is 1. The number of H-pyrrole nitrogens is 1. The topological polar surface area (TPSA) is 79.0 Å². The van der Waals surface area contributed by atoms with Crippen LogP contribution in [0.15, 0.2) is 109 Å². The Bertz CT molecular complexity index is 2180. The molecule has 0 aliphatic rings. The largest absolute Gasteiger partial charge is 0.375 e. The number of unbranched alkanes of at least 4 members (excludes halogenated alkanes) is 1. The number of hydrogen-bond donors (Lipinski definition) is 1. The van der Waals surface area contributed by atoms with E-state index in [2.05, 4.69) is 173 Å². The minimum Gasteiger partial charge on any atom is -0.375 e. The van der Waals surface area contributed by atoms with Gasteiger partial charge in [0.25, 0.3) is 0 Å². The SMILES string of the molecule is CCCCOCC[n+]1nc2c(-c3ccc(N(CC(C)C)c4ccccc4)cc3)c3nn(CC(C)C)nc3c(-c3ccc(N(CC(C)C)c4ccccc4)cc3)c2[nH]1. The Kier molecular flexibility index (Phi) is 12.6. The van der Waals surface area contributed by atoms with Gasteiger partial charge >= 0.3 is 0 Å². The van der Waals surface area contributed by atoms with Crippen molar-refractivity contribution in [3.8, 4) is 22.3 Å². The highest BCUT2D eigenvalue weighted by atomic mass is 16.5. The van der Waals surface area contributed by atoms with Gasteiger partial charge in [-0.25, -0.2) is 0 Å². The fraction of sp³-hybridized carbons (Fsp3) is 0.375. The molecule has 0 radical (unpaired) electrons. The highest BCUT2D eigenvalue weighted by Crippen LogP contribution is 2.42. The summed E-state index contributed by atoms with van der Waals surface area (Å²) in [5.41, 5.74) is 12.3. The van der Waals surface area contributed by atoms with Gasteiger partial charge in [-0.05, 0) is 88.6 Å². The number of hydrogen-bond acceptors (Lipinski definition) is 6. The average molecular weight is 764 g/mol. The molecule has 0 bridgehead atoms. The summed E-state index contributed by atoms with van der Waals surface area (Å²) >= 11 is 0. The summed E-state index contributed by atoms with van der Waals surface area (Å²) in [5, 5.41) is 19.4. The predicted octanol–water partition coefficient (Wildman–Crippen LogP) is 11.0. The van der Waals surface area contributed by atoms with E-state index in [1.807, 2.05) is 9.59 Å². The Hall–Kier alpha value is -5.54. The van der Waals surface area contributed by atoms with Crippen molar-refractivity contribution in [3.63, 3.8) is 0 Å². The molecule has 2 heterocycles. The van der Waals surface area contributed by atoms with E-state index >= 15 is 0 Å². The summed E-state index contributed by atoms with van der Waals surface area (Å²) in [6, 6.07) is 39.1. The van der Waals surface area contributed by atoms with Gasteiger partial charge in [-0.15, -0.1) is 5.10 Å². The molecule has 9 heteroatoms. The van der Waals surface area contributed by atoms with Crippen LogP contribution >= 0.6 is 0 Å². The van der Waals surface area contributed by atoms with Crippen LogP contribution in [0.25, 0.3) is 44.3 Å². The van der Waals surface area contributed by atoms with Crippen LogP contribution in [0.5, 0.6) is 0 Å². The number of benzene rings is 5.